The molecule has 4 saturated heterocycles. The van der Waals surface area contributed by atoms with Crippen molar-refractivity contribution in [3.63, 3.8) is 0 Å². The molecule has 0 aromatic heterocycles. The van der Waals surface area contributed by atoms with E-state index in [4.69, 9.17) is 9.47 Å². The van der Waals surface area contributed by atoms with Crippen molar-refractivity contribution in [2.24, 2.45) is 22.7 Å². The Kier molecular flexibility index (Phi) is 5.60. The van der Waals surface area contributed by atoms with Crippen LogP contribution in [0.2, 0.25) is 0 Å². The van der Waals surface area contributed by atoms with Gasteiger partial charge in [0.25, 0.3) is 0 Å². The van der Waals surface area contributed by atoms with Crippen LogP contribution in [0, 0.1) is 22.7 Å². The van der Waals surface area contributed by atoms with Gasteiger partial charge in [0.1, 0.15) is 12.2 Å². The maximum absolute atomic E-state index is 11.9. The smallest absolute Gasteiger partial charge is 0.176 e. The van der Waals surface area contributed by atoms with Crippen molar-refractivity contribution < 1.29 is 29.9 Å². The Morgan fingerprint density at radius 3 is 1.52 bits per heavy atom. The Bertz CT molecular complexity index is 1430. The summed E-state index contributed by atoms with van der Waals surface area (Å²) in [5.74, 6) is 0.382. The molecule has 10 aliphatic rings. The average Bonchev–Trinajstić information content (AvgIpc) is 3.50. The van der Waals surface area contributed by atoms with E-state index in [9.17, 15) is 20.4 Å². The van der Waals surface area contributed by atoms with E-state index in [1.54, 1.807) is 0 Å². The second kappa shape index (κ2) is 8.83. The van der Waals surface area contributed by atoms with Gasteiger partial charge >= 0.3 is 0 Å². The van der Waals surface area contributed by atoms with Crippen LogP contribution in [-0.2, 0) is 9.47 Å². The van der Waals surface area contributed by atoms with Gasteiger partial charge in [0, 0.05) is 34.7 Å². The summed E-state index contributed by atoms with van der Waals surface area (Å²) < 4.78 is 14.1. The van der Waals surface area contributed by atoms with Crippen molar-refractivity contribution in [3.8, 4) is 0 Å². The molecule has 10 rings (SSSR count). The molecule has 234 valence electrons. The molecule has 44 heavy (non-hydrogen) atoms. The van der Waals surface area contributed by atoms with Crippen LogP contribution in [-0.4, -0.2) is 116 Å². The number of aliphatic hydroxyl groups excluding tert-OH is 4. The normalized spacial score (nSPS) is 56.0. The SMILES string of the molecule is CN1CC[C@]23C4=C5C=CC(O)C4(SSC46O[C@H]7[C@@H](O)C=C[C@H]8[C@H]9CC(=C4[C@]87CCN9C)C=CC6O)O[C@H]2[C@@H](O)C=C[C@H]3[C@H]1C5. The van der Waals surface area contributed by atoms with Gasteiger partial charge < -0.3 is 39.7 Å². The summed E-state index contributed by atoms with van der Waals surface area (Å²) in [6.07, 6.45) is 15.2. The molecule has 4 fully saturated rings. The molecule has 10 heteroatoms. The van der Waals surface area contributed by atoms with Crippen molar-refractivity contribution in [1.29, 1.82) is 0 Å². The zero-order valence-corrected chi connectivity index (χ0v) is 26.6. The molecule has 14 atom stereocenters. The fourth-order valence-electron chi connectivity index (χ4n) is 11.5. The largest absolute Gasteiger partial charge is 0.386 e. The summed E-state index contributed by atoms with van der Waals surface area (Å²) in [5, 5.41) is 46.7. The fraction of sp³-hybridized carbons (Fsp3) is 0.647. The lowest BCUT2D eigenvalue weighted by Gasteiger charge is -2.58. The van der Waals surface area contributed by atoms with Gasteiger partial charge in [-0.05, 0) is 96.7 Å². The first-order valence-electron chi connectivity index (χ1n) is 16.2. The van der Waals surface area contributed by atoms with Gasteiger partial charge in [-0.15, -0.1) is 0 Å². The predicted octanol–water partition coefficient (Wildman–Crippen LogP) is 2.29. The molecule has 2 spiro atoms. The van der Waals surface area contributed by atoms with Crippen LogP contribution in [0.5, 0.6) is 0 Å². The quantitative estimate of drug-likeness (QED) is 0.273. The fourth-order valence-corrected chi connectivity index (χ4v) is 15.3. The van der Waals surface area contributed by atoms with E-state index in [1.165, 1.54) is 32.7 Å². The van der Waals surface area contributed by atoms with E-state index in [2.05, 4.69) is 48.2 Å². The van der Waals surface area contributed by atoms with E-state index in [-0.39, 0.29) is 11.8 Å². The first kappa shape index (κ1) is 27.9. The minimum atomic E-state index is -1.13. The van der Waals surface area contributed by atoms with Crippen LogP contribution >= 0.6 is 21.6 Å². The third-order valence-corrected chi connectivity index (χ3v) is 16.7. The van der Waals surface area contributed by atoms with E-state index in [1.807, 2.05) is 24.3 Å². The lowest BCUT2D eigenvalue weighted by Crippen LogP contribution is -2.62. The van der Waals surface area contributed by atoms with Crippen LogP contribution in [0.1, 0.15) is 25.7 Å². The minimum absolute atomic E-state index is 0.191. The topological polar surface area (TPSA) is 106 Å². The first-order valence-corrected chi connectivity index (χ1v) is 18.4. The average molecular weight is 637 g/mol. The number of piperidine rings is 2. The molecule has 0 aromatic carbocycles. The molecule has 0 saturated carbocycles. The maximum Gasteiger partial charge on any atom is 0.176 e. The number of allylic oxidation sites excluding steroid dienone is 2. The Morgan fingerprint density at radius 2 is 1.09 bits per heavy atom. The minimum Gasteiger partial charge on any atom is -0.386 e. The number of rotatable bonds is 3. The van der Waals surface area contributed by atoms with Crippen molar-refractivity contribution in [2.75, 3.05) is 27.2 Å². The molecule has 0 amide bonds. The highest BCUT2D eigenvalue weighted by molar-refractivity contribution is 8.77. The Balaban J connectivity index is 1.11. The molecular weight excluding hydrogens is 597 g/mol. The number of ether oxygens (including phenoxy) is 2. The molecular formula is C34H40N2O6S2. The van der Waals surface area contributed by atoms with Gasteiger partial charge in [0.2, 0.25) is 0 Å². The van der Waals surface area contributed by atoms with E-state index >= 15 is 0 Å². The molecule has 8 nitrogen and oxygen atoms in total. The number of aliphatic hydroxyl groups is 4. The molecule has 4 unspecified atom stereocenters. The van der Waals surface area contributed by atoms with Gasteiger partial charge in [-0.25, -0.2) is 0 Å². The van der Waals surface area contributed by atoms with Gasteiger partial charge in [-0.3, -0.25) is 0 Å². The van der Waals surface area contributed by atoms with Gasteiger partial charge in [0.15, 0.2) is 9.87 Å². The molecule has 0 aromatic rings. The molecule has 4 heterocycles. The van der Waals surface area contributed by atoms with E-state index in [0.717, 1.165) is 49.9 Å². The monoisotopic (exact) mass is 636 g/mol. The maximum atomic E-state index is 11.9. The lowest BCUT2D eigenvalue weighted by molar-refractivity contribution is -0.116. The summed E-state index contributed by atoms with van der Waals surface area (Å²) in [4.78, 5) is 2.63. The van der Waals surface area contributed by atoms with Crippen molar-refractivity contribution in [1.82, 2.24) is 9.80 Å². The van der Waals surface area contributed by atoms with E-state index < -0.39 is 57.3 Å². The van der Waals surface area contributed by atoms with Crippen LogP contribution in [0.3, 0.4) is 0 Å². The Hall–Kier alpha value is -1.18. The predicted molar refractivity (Wildman–Crippen MR) is 168 cm³/mol. The van der Waals surface area contributed by atoms with Crippen molar-refractivity contribution in [2.45, 2.75) is 84.3 Å². The number of hydrogen-bond acceptors (Lipinski definition) is 10. The van der Waals surface area contributed by atoms with Crippen molar-refractivity contribution in [3.05, 3.63) is 70.9 Å². The molecule has 4 bridgehead atoms. The number of likely N-dealkylation sites (tertiary alicyclic amines) is 2. The third kappa shape index (κ3) is 2.96. The zero-order chi connectivity index (χ0) is 30.0. The van der Waals surface area contributed by atoms with Crippen LogP contribution < -0.4 is 0 Å². The molecule has 0 radical (unpaired) electrons. The summed E-state index contributed by atoms with van der Waals surface area (Å²) in [6, 6.07) is 0.626. The van der Waals surface area contributed by atoms with Crippen LogP contribution in [0.25, 0.3) is 0 Å². The van der Waals surface area contributed by atoms with Gasteiger partial charge in [-0.2, -0.15) is 0 Å². The molecule has 4 aliphatic heterocycles. The highest BCUT2D eigenvalue weighted by atomic mass is 33.1. The highest BCUT2D eigenvalue weighted by Crippen LogP contribution is 2.75. The third-order valence-electron chi connectivity index (χ3n) is 13.3. The molecule has 6 aliphatic carbocycles. The summed E-state index contributed by atoms with van der Waals surface area (Å²) >= 11 is 0. The second-order valence-electron chi connectivity index (χ2n) is 14.9. The van der Waals surface area contributed by atoms with Gasteiger partial charge in [-0.1, -0.05) is 48.6 Å². The van der Waals surface area contributed by atoms with E-state index in [0.29, 0.717) is 12.1 Å². The standard InChI is InChI=1S/C34H40N2O6S2/c1-35-13-11-31-19-5-7-23(37)29(31)41-33(25(39)9-3-17(27(31)33)15-21(19)35)43-44-34-26(40)10-4-18-16-22-20-6-8-24(38)30(42-34)32(20,28(18)34)12-14-36(22)2/h3-10,19-26,29-30,37-40H,11-16H2,1-2H3/t19-,20-,21+,22+,23-,24-,25?,26?,29-,30-,31-,32-,33?,34?/m0/s1. The second-order valence-corrected chi connectivity index (χ2v) is 17.4. The molecule has 4 N–H and O–H groups in total. The summed E-state index contributed by atoms with van der Waals surface area (Å²) in [7, 11) is 7.32. The number of hydrogen-bond donors (Lipinski definition) is 4. The van der Waals surface area contributed by atoms with Crippen LogP contribution in [0.15, 0.2) is 70.9 Å². The number of nitrogens with zero attached hydrogens (tertiary/aromatic N) is 2. The highest BCUT2D eigenvalue weighted by Gasteiger charge is 2.75. The van der Waals surface area contributed by atoms with Crippen molar-refractivity contribution >= 4 is 21.6 Å². The summed E-state index contributed by atoms with van der Waals surface area (Å²) in [6.45, 7) is 1.82. The van der Waals surface area contributed by atoms with Gasteiger partial charge in [0.05, 0.1) is 24.4 Å². The van der Waals surface area contributed by atoms with Crippen LogP contribution in [0.4, 0.5) is 0 Å². The Labute approximate surface area is 265 Å². The summed E-state index contributed by atoms with van der Waals surface area (Å²) in [5.41, 5.74) is 3.87. The Morgan fingerprint density at radius 1 is 0.659 bits per heavy atom. The zero-order valence-electron chi connectivity index (χ0n) is 25.0. The lowest BCUT2D eigenvalue weighted by atomic mass is 9.52. The first-order chi connectivity index (χ1) is 21.2.